The summed E-state index contributed by atoms with van der Waals surface area (Å²) in [4.78, 5) is 17.6. The fourth-order valence-corrected chi connectivity index (χ4v) is 2.94. The predicted octanol–water partition coefficient (Wildman–Crippen LogP) is 2.07. The van der Waals surface area contributed by atoms with Gasteiger partial charge in [0.15, 0.2) is 0 Å². The standard InChI is InChI=1S/C15H13ClN4O/c16-11-1-2-13-12(5-11)14(10(6-17)7-19-13)20-4-3-9(8-20)15(18)21/h1-2,5,7,9H,3-4,8H2,(H2,18,21)/t9-/m1/s1. The van der Waals surface area contributed by atoms with Gasteiger partial charge in [0.25, 0.3) is 0 Å². The van der Waals surface area contributed by atoms with Gasteiger partial charge in [0, 0.05) is 29.7 Å². The third-order valence-electron chi connectivity index (χ3n) is 3.83. The van der Waals surface area contributed by atoms with Crippen LogP contribution >= 0.6 is 11.6 Å². The van der Waals surface area contributed by atoms with E-state index in [2.05, 4.69) is 11.1 Å². The first-order valence-corrected chi connectivity index (χ1v) is 7.00. The van der Waals surface area contributed by atoms with Crippen molar-refractivity contribution in [3.05, 3.63) is 35.0 Å². The molecule has 0 saturated carbocycles. The summed E-state index contributed by atoms with van der Waals surface area (Å²) in [7, 11) is 0. The Morgan fingerprint density at radius 1 is 1.52 bits per heavy atom. The number of hydrogen-bond donors (Lipinski definition) is 1. The summed E-state index contributed by atoms with van der Waals surface area (Å²) in [6.45, 7) is 1.21. The smallest absolute Gasteiger partial charge is 0.222 e. The molecule has 1 aliphatic rings. The van der Waals surface area contributed by atoms with Crippen LogP contribution in [0.5, 0.6) is 0 Å². The second kappa shape index (κ2) is 5.23. The van der Waals surface area contributed by atoms with Crippen LogP contribution in [0.3, 0.4) is 0 Å². The van der Waals surface area contributed by atoms with Crippen molar-refractivity contribution in [3.63, 3.8) is 0 Å². The fourth-order valence-electron chi connectivity index (χ4n) is 2.77. The van der Waals surface area contributed by atoms with Gasteiger partial charge in [0.2, 0.25) is 5.91 Å². The summed E-state index contributed by atoms with van der Waals surface area (Å²) >= 11 is 6.07. The number of aromatic nitrogens is 1. The molecule has 1 amide bonds. The van der Waals surface area contributed by atoms with Crippen molar-refractivity contribution in [1.82, 2.24) is 4.98 Å². The summed E-state index contributed by atoms with van der Waals surface area (Å²) < 4.78 is 0. The van der Waals surface area contributed by atoms with E-state index in [1.807, 2.05) is 11.0 Å². The lowest BCUT2D eigenvalue weighted by Gasteiger charge is -2.21. The van der Waals surface area contributed by atoms with Crippen LogP contribution in [-0.4, -0.2) is 24.0 Å². The second-order valence-corrected chi connectivity index (χ2v) is 5.56. The van der Waals surface area contributed by atoms with Gasteiger partial charge < -0.3 is 10.6 Å². The minimum Gasteiger partial charge on any atom is -0.369 e. The maximum absolute atomic E-state index is 11.3. The van der Waals surface area contributed by atoms with Crippen LogP contribution < -0.4 is 10.6 Å². The van der Waals surface area contributed by atoms with Gasteiger partial charge in [-0.05, 0) is 24.6 Å². The molecule has 0 radical (unpaired) electrons. The van der Waals surface area contributed by atoms with Crippen LogP contribution in [0.4, 0.5) is 5.69 Å². The van der Waals surface area contributed by atoms with E-state index < -0.39 is 0 Å². The van der Waals surface area contributed by atoms with E-state index >= 15 is 0 Å². The predicted molar refractivity (Wildman–Crippen MR) is 81.0 cm³/mol. The van der Waals surface area contributed by atoms with E-state index in [1.165, 1.54) is 0 Å². The number of halogens is 1. The second-order valence-electron chi connectivity index (χ2n) is 5.13. The molecule has 1 saturated heterocycles. The molecule has 21 heavy (non-hydrogen) atoms. The van der Waals surface area contributed by atoms with Gasteiger partial charge in [-0.25, -0.2) is 0 Å². The van der Waals surface area contributed by atoms with Crippen molar-refractivity contribution in [2.75, 3.05) is 18.0 Å². The maximum atomic E-state index is 11.3. The zero-order chi connectivity index (χ0) is 15.0. The number of carbonyl (C=O) groups is 1. The van der Waals surface area contributed by atoms with Crippen LogP contribution in [-0.2, 0) is 4.79 Å². The molecular weight excluding hydrogens is 288 g/mol. The van der Waals surface area contributed by atoms with Gasteiger partial charge in [0.1, 0.15) is 6.07 Å². The van der Waals surface area contributed by atoms with E-state index in [1.54, 1.807) is 18.3 Å². The average molecular weight is 301 g/mol. The summed E-state index contributed by atoms with van der Waals surface area (Å²) in [5.74, 6) is -0.480. The van der Waals surface area contributed by atoms with E-state index in [4.69, 9.17) is 17.3 Å². The topological polar surface area (TPSA) is 83.0 Å². The lowest BCUT2D eigenvalue weighted by Crippen LogP contribution is -2.27. The number of fused-ring (bicyclic) bond motifs is 1. The summed E-state index contributed by atoms with van der Waals surface area (Å²) in [5.41, 5.74) is 7.42. The number of nitrogens with zero attached hydrogens (tertiary/aromatic N) is 3. The third-order valence-corrected chi connectivity index (χ3v) is 4.06. The monoisotopic (exact) mass is 300 g/mol. The first-order chi connectivity index (χ1) is 10.1. The van der Waals surface area contributed by atoms with Crippen molar-refractivity contribution < 1.29 is 4.79 Å². The number of anilines is 1. The molecule has 2 aromatic rings. The van der Waals surface area contributed by atoms with Crippen LogP contribution in [0.2, 0.25) is 5.02 Å². The Morgan fingerprint density at radius 2 is 2.33 bits per heavy atom. The van der Waals surface area contributed by atoms with Gasteiger partial charge >= 0.3 is 0 Å². The molecule has 2 N–H and O–H groups in total. The summed E-state index contributed by atoms with van der Waals surface area (Å²) in [6.07, 6.45) is 2.26. The van der Waals surface area contributed by atoms with Gasteiger partial charge in [0.05, 0.1) is 22.7 Å². The normalized spacial score (nSPS) is 17.9. The van der Waals surface area contributed by atoms with E-state index in [-0.39, 0.29) is 11.8 Å². The van der Waals surface area contributed by atoms with Gasteiger partial charge in [-0.15, -0.1) is 0 Å². The van der Waals surface area contributed by atoms with Crippen molar-refractivity contribution in [2.45, 2.75) is 6.42 Å². The zero-order valence-electron chi connectivity index (χ0n) is 11.2. The zero-order valence-corrected chi connectivity index (χ0v) is 12.0. The SMILES string of the molecule is N#Cc1cnc2ccc(Cl)cc2c1N1CC[C@@H](C(N)=O)C1. The molecule has 6 heteroatoms. The largest absolute Gasteiger partial charge is 0.369 e. The maximum Gasteiger partial charge on any atom is 0.222 e. The number of primary amides is 1. The number of pyridine rings is 1. The summed E-state index contributed by atoms with van der Waals surface area (Å²) in [6, 6.07) is 7.56. The highest BCUT2D eigenvalue weighted by Gasteiger charge is 2.29. The van der Waals surface area contributed by atoms with Crippen molar-refractivity contribution in [2.24, 2.45) is 11.7 Å². The van der Waals surface area contributed by atoms with Crippen LogP contribution in [0.15, 0.2) is 24.4 Å². The molecule has 0 unspecified atom stereocenters. The summed E-state index contributed by atoms with van der Waals surface area (Å²) in [5, 5.41) is 10.8. The number of nitrogens with two attached hydrogens (primary N) is 1. The molecule has 1 aromatic carbocycles. The Kier molecular flexibility index (Phi) is 3.40. The highest BCUT2D eigenvalue weighted by atomic mass is 35.5. The average Bonchev–Trinajstić information content (AvgIpc) is 2.95. The minimum atomic E-state index is -0.299. The van der Waals surface area contributed by atoms with Gasteiger partial charge in [-0.3, -0.25) is 9.78 Å². The highest BCUT2D eigenvalue weighted by Crippen LogP contribution is 2.34. The molecule has 0 spiro atoms. The first-order valence-electron chi connectivity index (χ1n) is 6.63. The molecular formula is C15H13ClN4O. The lowest BCUT2D eigenvalue weighted by atomic mass is 10.1. The van der Waals surface area contributed by atoms with Crippen LogP contribution in [0, 0.1) is 17.2 Å². The fraction of sp³-hybridized carbons (Fsp3) is 0.267. The molecule has 1 aromatic heterocycles. The number of amides is 1. The Labute approximate surface area is 126 Å². The van der Waals surface area contributed by atoms with E-state index in [0.29, 0.717) is 30.1 Å². The molecule has 0 bridgehead atoms. The van der Waals surface area contributed by atoms with E-state index in [0.717, 1.165) is 16.6 Å². The Morgan fingerprint density at radius 3 is 3.00 bits per heavy atom. The van der Waals surface area contributed by atoms with Crippen LogP contribution in [0.25, 0.3) is 10.9 Å². The number of carbonyl (C=O) groups excluding carboxylic acids is 1. The number of nitriles is 1. The number of benzene rings is 1. The van der Waals surface area contributed by atoms with Crippen molar-refractivity contribution in [3.8, 4) is 6.07 Å². The molecule has 106 valence electrons. The third kappa shape index (κ3) is 2.39. The molecule has 1 fully saturated rings. The Hall–Kier alpha value is -2.32. The molecule has 0 aliphatic carbocycles. The molecule has 1 atom stereocenters. The quantitative estimate of drug-likeness (QED) is 0.920. The molecule has 1 aliphatic heterocycles. The molecule has 3 rings (SSSR count). The van der Waals surface area contributed by atoms with Gasteiger partial charge in [-0.2, -0.15) is 5.26 Å². The molecule has 2 heterocycles. The van der Waals surface area contributed by atoms with Crippen molar-refractivity contribution in [1.29, 1.82) is 5.26 Å². The van der Waals surface area contributed by atoms with E-state index in [9.17, 15) is 10.1 Å². The Balaban J connectivity index is 2.14. The molecule has 5 nitrogen and oxygen atoms in total. The van der Waals surface area contributed by atoms with Crippen LogP contribution in [0.1, 0.15) is 12.0 Å². The number of rotatable bonds is 2. The highest BCUT2D eigenvalue weighted by molar-refractivity contribution is 6.31. The number of hydrogen-bond acceptors (Lipinski definition) is 4. The Bertz CT molecular complexity index is 768. The van der Waals surface area contributed by atoms with Gasteiger partial charge in [-0.1, -0.05) is 11.6 Å². The first kappa shape index (κ1) is 13.7. The minimum absolute atomic E-state index is 0.182. The lowest BCUT2D eigenvalue weighted by molar-refractivity contribution is -0.121. The van der Waals surface area contributed by atoms with Crippen molar-refractivity contribution >= 4 is 34.1 Å².